The van der Waals surface area contributed by atoms with Crippen LogP contribution in [0.3, 0.4) is 0 Å². The molecule has 0 aliphatic carbocycles. The van der Waals surface area contributed by atoms with Crippen molar-refractivity contribution in [2.75, 3.05) is 6.61 Å². The van der Waals surface area contributed by atoms with E-state index < -0.39 is 0 Å². The first-order valence-corrected chi connectivity index (χ1v) is 6.38. The SMILES string of the molecule is CC(=O)c1cc(C)cc(CO)c1.CCCCCO. The Morgan fingerprint density at radius 2 is 1.83 bits per heavy atom. The summed E-state index contributed by atoms with van der Waals surface area (Å²) in [5, 5.41) is 17.1. The average molecular weight is 252 g/mol. The molecule has 0 spiro atoms. The number of aliphatic hydroxyl groups is 2. The molecule has 0 amide bonds. The summed E-state index contributed by atoms with van der Waals surface area (Å²) in [6.07, 6.45) is 3.33. The second-order valence-electron chi connectivity index (χ2n) is 4.35. The molecule has 0 saturated heterocycles. The van der Waals surface area contributed by atoms with Crippen LogP contribution in [0.25, 0.3) is 0 Å². The van der Waals surface area contributed by atoms with Gasteiger partial charge in [-0.1, -0.05) is 31.4 Å². The van der Waals surface area contributed by atoms with E-state index in [2.05, 4.69) is 6.92 Å². The molecule has 0 bridgehead atoms. The van der Waals surface area contributed by atoms with Gasteiger partial charge in [-0.3, -0.25) is 4.79 Å². The van der Waals surface area contributed by atoms with Crippen LogP contribution in [0.15, 0.2) is 18.2 Å². The molecule has 0 radical (unpaired) electrons. The lowest BCUT2D eigenvalue weighted by atomic mass is 10.0. The number of aliphatic hydroxyl groups excluding tert-OH is 2. The van der Waals surface area contributed by atoms with Gasteiger partial charge in [0, 0.05) is 12.2 Å². The van der Waals surface area contributed by atoms with Gasteiger partial charge in [0.2, 0.25) is 0 Å². The van der Waals surface area contributed by atoms with E-state index in [1.54, 1.807) is 6.07 Å². The molecule has 0 aromatic heterocycles. The van der Waals surface area contributed by atoms with Crippen molar-refractivity contribution >= 4 is 5.78 Å². The van der Waals surface area contributed by atoms with E-state index in [0.29, 0.717) is 12.2 Å². The summed E-state index contributed by atoms with van der Waals surface area (Å²) in [6.45, 7) is 5.90. The maximum absolute atomic E-state index is 11.0. The molecular weight excluding hydrogens is 228 g/mol. The second kappa shape index (κ2) is 9.80. The molecule has 1 rings (SSSR count). The zero-order valence-electron chi connectivity index (χ0n) is 11.6. The third-order valence-corrected chi connectivity index (χ3v) is 2.49. The zero-order chi connectivity index (χ0) is 14.0. The Balaban J connectivity index is 0.000000411. The van der Waals surface area contributed by atoms with Gasteiger partial charge in [0.25, 0.3) is 0 Å². The first-order chi connectivity index (χ1) is 8.54. The molecule has 0 atom stereocenters. The minimum atomic E-state index is -0.0119. The minimum Gasteiger partial charge on any atom is -0.396 e. The summed E-state index contributed by atoms with van der Waals surface area (Å²) in [6, 6.07) is 5.41. The highest BCUT2D eigenvalue weighted by Crippen LogP contribution is 2.10. The lowest BCUT2D eigenvalue weighted by Crippen LogP contribution is -1.95. The molecule has 102 valence electrons. The molecule has 3 nitrogen and oxygen atoms in total. The highest BCUT2D eigenvalue weighted by atomic mass is 16.3. The first-order valence-electron chi connectivity index (χ1n) is 6.38. The van der Waals surface area contributed by atoms with Crippen molar-refractivity contribution in [1.29, 1.82) is 0 Å². The molecule has 1 aromatic carbocycles. The van der Waals surface area contributed by atoms with E-state index >= 15 is 0 Å². The van der Waals surface area contributed by atoms with E-state index in [9.17, 15) is 4.79 Å². The minimum absolute atomic E-state index is 0.0119. The van der Waals surface area contributed by atoms with Gasteiger partial charge in [0.1, 0.15) is 0 Å². The largest absolute Gasteiger partial charge is 0.396 e. The molecule has 0 unspecified atom stereocenters. The number of Topliss-reactive ketones (excluding diaryl/α,β-unsaturated/α-hetero) is 1. The van der Waals surface area contributed by atoms with Crippen molar-refractivity contribution in [1.82, 2.24) is 0 Å². The Morgan fingerprint density at radius 1 is 1.17 bits per heavy atom. The van der Waals surface area contributed by atoms with E-state index in [4.69, 9.17) is 10.2 Å². The van der Waals surface area contributed by atoms with Gasteiger partial charge >= 0.3 is 0 Å². The van der Waals surface area contributed by atoms with E-state index in [-0.39, 0.29) is 12.4 Å². The van der Waals surface area contributed by atoms with Gasteiger partial charge in [0.05, 0.1) is 6.61 Å². The second-order valence-corrected chi connectivity index (χ2v) is 4.35. The Morgan fingerprint density at radius 3 is 2.22 bits per heavy atom. The molecular formula is C15H24O3. The van der Waals surface area contributed by atoms with Crippen molar-refractivity contribution < 1.29 is 15.0 Å². The lowest BCUT2D eigenvalue weighted by molar-refractivity contribution is 0.101. The van der Waals surface area contributed by atoms with Crippen LogP contribution in [0.1, 0.15) is 54.6 Å². The van der Waals surface area contributed by atoms with Gasteiger partial charge in [-0.05, 0) is 38.0 Å². The molecule has 1 aromatic rings. The average Bonchev–Trinajstić information content (AvgIpc) is 2.36. The van der Waals surface area contributed by atoms with Crippen molar-refractivity contribution in [2.24, 2.45) is 0 Å². The van der Waals surface area contributed by atoms with Crippen LogP contribution in [-0.2, 0) is 6.61 Å². The highest BCUT2D eigenvalue weighted by Gasteiger charge is 2.01. The number of hydrogen-bond donors (Lipinski definition) is 2. The summed E-state index contributed by atoms with van der Waals surface area (Å²) in [7, 11) is 0. The number of hydrogen-bond acceptors (Lipinski definition) is 3. The summed E-state index contributed by atoms with van der Waals surface area (Å²) in [4.78, 5) is 11.0. The van der Waals surface area contributed by atoms with Crippen LogP contribution in [0.4, 0.5) is 0 Å². The number of rotatable bonds is 5. The molecule has 3 heteroatoms. The fourth-order valence-corrected chi connectivity index (χ4v) is 1.52. The Labute approximate surface area is 109 Å². The van der Waals surface area contributed by atoms with Crippen LogP contribution in [-0.4, -0.2) is 22.6 Å². The number of carbonyl (C=O) groups excluding carboxylic acids is 1. The molecule has 0 fully saturated rings. The number of unbranched alkanes of at least 4 members (excludes halogenated alkanes) is 2. The Hall–Kier alpha value is -1.19. The fraction of sp³-hybridized carbons (Fsp3) is 0.533. The monoisotopic (exact) mass is 252 g/mol. The summed E-state index contributed by atoms with van der Waals surface area (Å²) in [5.74, 6) is 0.0356. The molecule has 0 aliphatic rings. The molecule has 0 aliphatic heterocycles. The Bertz CT molecular complexity index is 355. The van der Waals surface area contributed by atoms with Gasteiger partial charge in [0.15, 0.2) is 5.78 Å². The fourth-order valence-electron chi connectivity index (χ4n) is 1.52. The van der Waals surface area contributed by atoms with Crippen LogP contribution in [0.2, 0.25) is 0 Å². The van der Waals surface area contributed by atoms with Gasteiger partial charge in [-0.25, -0.2) is 0 Å². The lowest BCUT2D eigenvalue weighted by Gasteiger charge is -2.01. The number of carbonyl (C=O) groups is 1. The standard InChI is InChI=1S/C10H12O2.C5H12O/c1-7-3-9(6-11)5-10(4-7)8(2)12;1-2-3-4-5-6/h3-5,11H,6H2,1-2H3;6H,2-5H2,1H3. The van der Waals surface area contributed by atoms with Crippen LogP contribution < -0.4 is 0 Å². The van der Waals surface area contributed by atoms with E-state index in [0.717, 1.165) is 24.0 Å². The van der Waals surface area contributed by atoms with Crippen molar-refractivity contribution in [3.63, 3.8) is 0 Å². The van der Waals surface area contributed by atoms with E-state index in [1.165, 1.54) is 13.3 Å². The van der Waals surface area contributed by atoms with Crippen LogP contribution >= 0.6 is 0 Å². The van der Waals surface area contributed by atoms with E-state index in [1.807, 2.05) is 19.1 Å². The molecule has 18 heavy (non-hydrogen) atoms. The number of benzene rings is 1. The third-order valence-electron chi connectivity index (χ3n) is 2.49. The van der Waals surface area contributed by atoms with Crippen LogP contribution in [0, 0.1) is 6.92 Å². The van der Waals surface area contributed by atoms with Crippen molar-refractivity contribution in [3.8, 4) is 0 Å². The van der Waals surface area contributed by atoms with Gasteiger partial charge < -0.3 is 10.2 Å². The zero-order valence-corrected chi connectivity index (χ0v) is 11.6. The Kier molecular flexibility index (Phi) is 9.15. The number of ketones is 1. The number of aryl methyl sites for hydroxylation is 1. The van der Waals surface area contributed by atoms with Crippen molar-refractivity contribution in [3.05, 3.63) is 34.9 Å². The first kappa shape index (κ1) is 16.8. The topological polar surface area (TPSA) is 57.5 Å². The van der Waals surface area contributed by atoms with Gasteiger partial charge in [-0.15, -0.1) is 0 Å². The third kappa shape index (κ3) is 7.20. The van der Waals surface area contributed by atoms with Crippen LogP contribution in [0.5, 0.6) is 0 Å². The molecule has 0 heterocycles. The predicted octanol–water partition coefficient (Wildman–Crippen LogP) is 2.86. The molecule has 0 saturated carbocycles. The van der Waals surface area contributed by atoms with Gasteiger partial charge in [-0.2, -0.15) is 0 Å². The normalized spacial score (nSPS) is 9.61. The summed E-state index contributed by atoms with van der Waals surface area (Å²) < 4.78 is 0. The quantitative estimate of drug-likeness (QED) is 0.626. The maximum Gasteiger partial charge on any atom is 0.159 e. The summed E-state index contributed by atoms with van der Waals surface area (Å²) >= 11 is 0. The maximum atomic E-state index is 11.0. The summed E-state index contributed by atoms with van der Waals surface area (Å²) in [5.41, 5.74) is 2.46. The van der Waals surface area contributed by atoms with Crippen molar-refractivity contribution in [2.45, 2.75) is 46.6 Å². The predicted molar refractivity (Wildman–Crippen MR) is 73.7 cm³/mol. The smallest absolute Gasteiger partial charge is 0.159 e. The highest BCUT2D eigenvalue weighted by molar-refractivity contribution is 5.94. The molecule has 2 N–H and O–H groups in total.